The van der Waals surface area contributed by atoms with Crippen LogP contribution in [0.25, 0.3) is 0 Å². The van der Waals surface area contributed by atoms with E-state index in [0.717, 1.165) is 47.9 Å². The van der Waals surface area contributed by atoms with Gasteiger partial charge < -0.3 is 10.2 Å². The van der Waals surface area contributed by atoms with Crippen LogP contribution in [0.4, 0.5) is 5.95 Å². The number of rotatable bonds is 5. The molecule has 9 heteroatoms. The molecule has 0 bridgehead atoms. The minimum Gasteiger partial charge on any atom is -0.349 e. The number of amides is 2. The van der Waals surface area contributed by atoms with Gasteiger partial charge in [0.05, 0.1) is 0 Å². The van der Waals surface area contributed by atoms with Gasteiger partial charge in [-0.3, -0.25) is 19.8 Å². The fraction of sp³-hybridized carbons (Fsp3) is 0.368. The Kier molecular flexibility index (Phi) is 5.17. The maximum atomic E-state index is 13.0. The molecule has 8 nitrogen and oxygen atoms in total. The number of carbonyl (C=O) groups is 2. The van der Waals surface area contributed by atoms with Crippen molar-refractivity contribution in [3.05, 3.63) is 56.4 Å². The van der Waals surface area contributed by atoms with E-state index in [0.29, 0.717) is 11.5 Å². The number of halogens is 1. The van der Waals surface area contributed by atoms with E-state index >= 15 is 0 Å². The van der Waals surface area contributed by atoms with E-state index in [2.05, 4.69) is 31.7 Å². The first-order valence-electron chi connectivity index (χ1n) is 9.28. The summed E-state index contributed by atoms with van der Waals surface area (Å²) in [5.41, 5.74) is 2.36. The van der Waals surface area contributed by atoms with Crippen LogP contribution in [0, 0.1) is 0 Å². The fourth-order valence-corrected chi connectivity index (χ4v) is 3.37. The first kappa shape index (κ1) is 18.7. The molecule has 1 aliphatic heterocycles. The molecule has 28 heavy (non-hydrogen) atoms. The smallest absolute Gasteiger partial charge is 0.286 e. The van der Waals surface area contributed by atoms with Crippen LogP contribution >= 0.6 is 15.9 Å². The van der Waals surface area contributed by atoms with Crippen LogP contribution in [0.3, 0.4) is 0 Å². The van der Waals surface area contributed by atoms with Gasteiger partial charge in [0.1, 0.15) is 5.56 Å². The maximum absolute atomic E-state index is 13.0. The SMILES string of the molecule is O=C(Nn1c(N2CCCC2)ncc(C(=O)NC2CC2)c1=O)c1ccc(Br)cc1. The lowest BCUT2D eigenvalue weighted by Crippen LogP contribution is -2.42. The summed E-state index contributed by atoms with van der Waals surface area (Å²) >= 11 is 3.33. The standard InChI is InChI=1S/C19H20BrN5O3/c20-13-5-3-12(4-6-13)16(26)23-25-18(28)15(17(27)22-14-7-8-14)11-21-19(25)24-9-1-2-10-24/h3-6,11,14H,1-2,7-10H2,(H,22,27)(H,23,26). The van der Waals surface area contributed by atoms with Gasteiger partial charge in [-0.25, -0.2) is 4.98 Å². The number of hydrogen-bond donors (Lipinski definition) is 2. The molecule has 0 atom stereocenters. The fourth-order valence-electron chi connectivity index (χ4n) is 3.10. The number of anilines is 1. The summed E-state index contributed by atoms with van der Waals surface area (Å²) in [6.45, 7) is 1.49. The Bertz CT molecular complexity index is 963. The normalized spacial score (nSPS) is 16.1. The van der Waals surface area contributed by atoms with Crippen LogP contribution in [0.5, 0.6) is 0 Å². The van der Waals surface area contributed by atoms with Crippen molar-refractivity contribution in [1.82, 2.24) is 15.0 Å². The van der Waals surface area contributed by atoms with E-state index < -0.39 is 17.4 Å². The van der Waals surface area contributed by atoms with E-state index in [-0.39, 0.29) is 11.6 Å². The van der Waals surface area contributed by atoms with E-state index in [1.54, 1.807) is 24.3 Å². The molecule has 146 valence electrons. The number of benzene rings is 1. The Balaban J connectivity index is 1.68. The Morgan fingerprint density at radius 3 is 2.39 bits per heavy atom. The molecule has 2 heterocycles. The zero-order valence-electron chi connectivity index (χ0n) is 15.2. The molecule has 2 aliphatic rings. The van der Waals surface area contributed by atoms with Crippen molar-refractivity contribution in [1.29, 1.82) is 0 Å². The van der Waals surface area contributed by atoms with Gasteiger partial charge in [-0.05, 0) is 49.9 Å². The van der Waals surface area contributed by atoms with Crippen LogP contribution in [-0.2, 0) is 0 Å². The maximum Gasteiger partial charge on any atom is 0.286 e. The molecular weight excluding hydrogens is 426 g/mol. The molecule has 1 aromatic heterocycles. The summed E-state index contributed by atoms with van der Waals surface area (Å²) in [4.78, 5) is 44.4. The second-order valence-electron chi connectivity index (χ2n) is 7.00. The summed E-state index contributed by atoms with van der Waals surface area (Å²) in [5.74, 6) is -0.563. The summed E-state index contributed by atoms with van der Waals surface area (Å²) in [7, 11) is 0. The van der Waals surface area contributed by atoms with Gasteiger partial charge in [0.2, 0.25) is 5.95 Å². The Hall–Kier alpha value is -2.68. The predicted molar refractivity (Wildman–Crippen MR) is 108 cm³/mol. The minimum absolute atomic E-state index is 0.0778. The second kappa shape index (κ2) is 7.75. The van der Waals surface area contributed by atoms with Crippen molar-refractivity contribution in [3.8, 4) is 0 Å². The summed E-state index contributed by atoms with van der Waals surface area (Å²) in [6, 6.07) is 6.91. The Labute approximate surface area is 170 Å². The van der Waals surface area contributed by atoms with Crippen LogP contribution in [0.2, 0.25) is 0 Å². The molecule has 1 aliphatic carbocycles. The second-order valence-corrected chi connectivity index (χ2v) is 7.92. The number of nitrogens with one attached hydrogen (secondary N) is 2. The monoisotopic (exact) mass is 445 g/mol. The van der Waals surface area contributed by atoms with Crippen molar-refractivity contribution in [2.24, 2.45) is 0 Å². The molecule has 0 spiro atoms. The van der Waals surface area contributed by atoms with Crippen molar-refractivity contribution >= 4 is 33.7 Å². The highest BCUT2D eigenvalue weighted by Gasteiger charge is 2.27. The topological polar surface area (TPSA) is 96.3 Å². The molecule has 2 N–H and O–H groups in total. The molecule has 1 aromatic carbocycles. The average Bonchev–Trinajstić information content (AvgIpc) is 3.32. The third kappa shape index (κ3) is 3.94. The van der Waals surface area contributed by atoms with Crippen LogP contribution in [0.15, 0.2) is 39.7 Å². The highest BCUT2D eigenvalue weighted by molar-refractivity contribution is 9.10. The van der Waals surface area contributed by atoms with Gasteiger partial charge in [-0.1, -0.05) is 15.9 Å². The van der Waals surface area contributed by atoms with E-state index in [9.17, 15) is 14.4 Å². The van der Waals surface area contributed by atoms with Crippen molar-refractivity contribution < 1.29 is 9.59 Å². The van der Waals surface area contributed by atoms with Crippen LogP contribution in [-0.4, -0.2) is 40.6 Å². The Morgan fingerprint density at radius 1 is 1.07 bits per heavy atom. The highest BCUT2D eigenvalue weighted by Crippen LogP contribution is 2.20. The average molecular weight is 446 g/mol. The molecule has 2 aromatic rings. The highest BCUT2D eigenvalue weighted by atomic mass is 79.9. The van der Waals surface area contributed by atoms with Gasteiger partial charge in [0.25, 0.3) is 17.4 Å². The largest absolute Gasteiger partial charge is 0.349 e. The molecule has 0 radical (unpaired) electrons. The number of hydrogen-bond acceptors (Lipinski definition) is 5. The predicted octanol–water partition coefficient (Wildman–Crippen LogP) is 1.88. The van der Waals surface area contributed by atoms with Crippen molar-refractivity contribution in [2.75, 3.05) is 23.4 Å². The summed E-state index contributed by atoms with van der Waals surface area (Å²) in [5, 5.41) is 2.79. The summed E-state index contributed by atoms with van der Waals surface area (Å²) < 4.78 is 1.94. The number of nitrogens with zero attached hydrogens (tertiary/aromatic N) is 3. The van der Waals surface area contributed by atoms with Crippen LogP contribution < -0.4 is 21.2 Å². The minimum atomic E-state index is -0.583. The molecule has 4 rings (SSSR count). The van der Waals surface area contributed by atoms with Crippen molar-refractivity contribution in [2.45, 2.75) is 31.7 Å². The van der Waals surface area contributed by atoms with E-state index in [1.807, 2.05) is 4.90 Å². The third-order valence-electron chi connectivity index (χ3n) is 4.81. The quantitative estimate of drug-likeness (QED) is 0.732. The van der Waals surface area contributed by atoms with Gasteiger partial charge in [0, 0.05) is 35.4 Å². The van der Waals surface area contributed by atoms with Crippen molar-refractivity contribution in [3.63, 3.8) is 0 Å². The van der Waals surface area contributed by atoms with Gasteiger partial charge in [0.15, 0.2) is 0 Å². The molecule has 1 saturated heterocycles. The van der Waals surface area contributed by atoms with Gasteiger partial charge in [-0.15, -0.1) is 0 Å². The van der Waals surface area contributed by atoms with E-state index in [1.165, 1.54) is 6.20 Å². The molecular formula is C19H20BrN5O3. The zero-order valence-corrected chi connectivity index (χ0v) is 16.7. The number of aromatic nitrogens is 2. The first-order valence-corrected chi connectivity index (χ1v) is 10.1. The lowest BCUT2D eigenvalue weighted by atomic mass is 10.2. The molecule has 2 amide bonds. The lowest BCUT2D eigenvalue weighted by molar-refractivity contribution is 0.0945. The molecule has 0 unspecified atom stereocenters. The first-order chi connectivity index (χ1) is 13.5. The van der Waals surface area contributed by atoms with Gasteiger partial charge in [-0.2, -0.15) is 4.68 Å². The third-order valence-corrected chi connectivity index (χ3v) is 5.34. The Morgan fingerprint density at radius 2 is 1.75 bits per heavy atom. The zero-order chi connectivity index (χ0) is 19.7. The number of carbonyl (C=O) groups excluding carboxylic acids is 2. The molecule has 1 saturated carbocycles. The molecule has 2 fully saturated rings. The lowest BCUT2D eigenvalue weighted by Gasteiger charge is -2.21. The van der Waals surface area contributed by atoms with Crippen LogP contribution in [0.1, 0.15) is 46.4 Å². The summed E-state index contributed by atoms with van der Waals surface area (Å²) in [6.07, 6.45) is 5.11. The van der Waals surface area contributed by atoms with Gasteiger partial charge >= 0.3 is 0 Å². The van der Waals surface area contributed by atoms with E-state index in [4.69, 9.17) is 0 Å².